The summed E-state index contributed by atoms with van der Waals surface area (Å²) in [5, 5.41) is 3.79. The second-order valence-electron chi connectivity index (χ2n) is 4.53. The van der Waals surface area contributed by atoms with Crippen molar-refractivity contribution in [1.29, 1.82) is 0 Å². The van der Waals surface area contributed by atoms with Crippen molar-refractivity contribution in [2.45, 2.75) is 18.3 Å². The van der Waals surface area contributed by atoms with Crippen molar-refractivity contribution in [2.24, 2.45) is 0 Å². The first kappa shape index (κ1) is 15.3. The van der Waals surface area contributed by atoms with E-state index in [1.54, 1.807) is 0 Å². The second-order valence-corrected chi connectivity index (χ2v) is 6.01. The molecule has 0 fully saturated rings. The Morgan fingerprint density at radius 3 is 2.05 bits per heavy atom. The van der Waals surface area contributed by atoms with E-state index in [0.29, 0.717) is 13.0 Å². The van der Waals surface area contributed by atoms with Crippen molar-refractivity contribution in [3.05, 3.63) is 69.7 Å². The summed E-state index contributed by atoms with van der Waals surface area (Å²) in [5.41, 5.74) is 3.36. The molecule has 0 aromatic heterocycles. The Morgan fingerprint density at radius 2 is 1.45 bits per heavy atom. The van der Waals surface area contributed by atoms with Gasteiger partial charge in [-0.25, -0.2) is 0 Å². The van der Waals surface area contributed by atoms with Crippen LogP contribution in [0.3, 0.4) is 0 Å². The van der Waals surface area contributed by atoms with Gasteiger partial charge in [-0.05, 0) is 28.8 Å². The van der Waals surface area contributed by atoms with E-state index in [9.17, 15) is 4.79 Å². The molecule has 2 nitrogen and oxygen atoms in total. The molecule has 0 spiro atoms. The molecule has 1 N–H and O–H groups in total. The number of amides is 1. The maximum atomic E-state index is 11.9. The van der Waals surface area contributed by atoms with Crippen molar-refractivity contribution in [3.63, 3.8) is 0 Å². The van der Waals surface area contributed by atoms with Crippen LogP contribution in [0.5, 0.6) is 0 Å². The SMILES string of the molecule is O=C(Cc1ccc(Br)cc1)NCc1ccc(CBr)cc1. The Bertz CT molecular complexity index is 564. The average molecular weight is 397 g/mol. The first-order valence-electron chi connectivity index (χ1n) is 6.32. The normalized spacial score (nSPS) is 10.3. The predicted octanol–water partition coefficient (Wildman–Crippen LogP) is 4.20. The molecule has 2 aromatic carbocycles. The lowest BCUT2D eigenvalue weighted by atomic mass is 10.1. The van der Waals surface area contributed by atoms with E-state index in [2.05, 4.69) is 49.3 Å². The third-order valence-electron chi connectivity index (χ3n) is 2.94. The third-order valence-corrected chi connectivity index (χ3v) is 4.12. The first-order valence-corrected chi connectivity index (χ1v) is 8.24. The molecule has 20 heavy (non-hydrogen) atoms. The largest absolute Gasteiger partial charge is 0.352 e. The molecular formula is C16H15Br2NO. The van der Waals surface area contributed by atoms with Crippen molar-refractivity contribution in [2.75, 3.05) is 0 Å². The van der Waals surface area contributed by atoms with E-state index < -0.39 is 0 Å². The van der Waals surface area contributed by atoms with E-state index >= 15 is 0 Å². The van der Waals surface area contributed by atoms with Gasteiger partial charge in [0.1, 0.15) is 0 Å². The summed E-state index contributed by atoms with van der Waals surface area (Å²) in [5.74, 6) is 0.0388. The molecule has 2 rings (SSSR count). The van der Waals surface area contributed by atoms with E-state index in [-0.39, 0.29) is 5.91 Å². The molecule has 4 heteroatoms. The van der Waals surface area contributed by atoms with Crippen LogP contribution >= 0.6 is 31.9 Å². The molecule has 0 bridgehead atoms. The second kappa shape index (κ2) is 7.60. The van der Waals surface area contributed by atoms with Gasteiger partial charge in [-0.3, -0.25) is 4.79 Å². The van der Waals surface area contributed by atoms with Gasteiger partial charge in [0.05, 0.1) is 6.42 Å². The van der Waals surface area contributed by atoms with E-state index in [4.69, 9.17) is 0 Å². The Kier molecular flexibility index (Phi) is 5.80. The highest BCUT2D eigenvalue weighted by atomic mass is 79.9. The average Bonchev–Trinajstić information content (AvgIpc) is 2.48. The fourth-order valence-corrected chi connectivity index (χ4v) is 2.44. The fraction of sp³-hybridized carbons (Fsp3) is 0.188. The van der Waals surface area contributed by atoms with Gasteiger partial charge in [-0.2, -0.15) is 0 Å². The topological polar surface area (TPSA) is 29.1 Å². The summed E-state index contributed by atoms with van der Waals surface area (Å²) in [7, 11) is 0. The minimum absolute atomic E-state index is 0.0388. The predicted molar refractivity (Wildman–Crippen MR) is 88.8 cm³/mol. The van der Waals surface area contributed by atoms with Crippen LogP contribution in [0.4, 0.5) is 0 Å². The zero-order chi connectivity index (χ0) is 14.4. The molecule has 0 radical (unpaired) electrons. The number of alkyl halides is 1. The van der Waals surface area contributed by atoms with Gasteiger partial charge in [0.15, 0.2) is 0 Å². The molecule has 0 aliphatic heterocycles. The van der Waals surface area contributed by atoms with Crippen molar-refractivity contribution < 1.29 is 4.79 Å². The lowest BCUT2D eigenvalue weighted by Crippen LogP contribution is -2.24. The monoisotopic (exact) mass is 395 g/mol. The van der Waals surface area contributed by atoms with Crippen LogP contribution in [0.1, 0.15) is 16.7 Å². The van der Waals surface area contributed by atoms with Crippen LogP contribution in [0, 0.1) is 0 Å². The van der Waals surface area contributed by atoms with Crippen molar-refractivity contribution in [1.82, 2.24) is 5.32 Å². The summed E-state index contributed by atoms with van der Waals surface area (Å²) in [6, 6.07) is 16.0. The molecule has 0 aliphatic rings. The summed E-state index contributed by atoms with van der Waals surface area (Å²) >= 11 is 6.79. The Labute approximate surface area is 135 Å². The number of hydrogen-bond donors (Lipinski definition) is 1. The van der Waals surface area contributed by atoms with Crippen LogP contribution in [0.15, 0.2) is 53.0 Å². The Hall–Kier alpha value is -1.13. The van der Waals surface area contributed by atoms with E-state index in [1.807, 2.05) is 36.4 Å². The molecule has 0 saturated carbocycles. The Balaban J connectivity index is 1.83. The minimum atomic E-state index is 0.0388. The molecular weight excluding hydrogens is 382 g/mol. The summed E-state index contributed by atoms with van der Waals surface area (Å²) in [6.45, 7) is 0.567. The lowest BCUT2D eigenvalue weighted by molar-refractivity contribution is -0.120. The summed E-state index contributed by atoms with van der Waals surface area (Å²) in [4.78, 5) is 11.9. The van der Waals surface area contributed by atoms with Crippen LogP contribution in [-0.2, 0) is 23.1 Å². The molecule has 0 saturated heterocycles. The summed E-state index contributed by atoms with van der Waals surface area (Å²) < 4.78 is 1.02. The maximum absolute atomic E-state index is 11.9. The number of rotatable bonds is 5. The highest BCUT2D eigenvalue weighted by molar-refractivity contribution is 9.10. The van der Waals surface area contributed by atoms with Gasteiger partial charge in [-0.15, -0.1) is 0 Å². The highest BCUT2D eigenvalue weighted by Gasteiger charge is 2.03. The molecule has 0 unspecified atom stereocenters. The Morgan fingerprint density at radius 1 is 0.900 bits per heavy atom. The van der Waals surface area contributed by atoms with E-state index in [0.717, 1.165) is 20.9 Å². The van der Waals surface area contributed by atoms with E-state index in [1.165, 1.54) is 5.56 Å². The quantitative estimate of drug-likeness (QED) is 0.753. The van der Waals surface area contributed by atoms with Gasteiger partial charge in [0.25, 0.3) is 0 Å². The molecule has 2 aromatic rings. The van der Waals surface area contributed by atoms with Gasteiger partial charge in [0.2, 0.25) is 5.91 Å². The highest BCUT2D eigenvalue weighted by Crippen LogP contribution is 2.11. The zero-order valence-electron chi connectivity index (χ0n) is 10.9. The zero-order valence-corrected chi connectivity index (χ0v) is 14.1. The smallest absolute Gasteiger partial charge is 0.224 e. The number of nitrogens with one attached hydrogen (secondary N) is 1. The maximum Gasteiger partial charge on any atom is 0.224 e. The van der Waals surface area contributed by atoms with Crippen molar-refractivity contribution in [3.8, 4) is 0 Å². The third kappa shape index (κ3) is 4.76. The number of carbonyl (C=O) groups excluding carboxylic acids is 1. The number of hydrogen-bond acceptors (Lipinski definition) is 1. The molecule has 1 amide bonds. The van der Waals surface area contributed by atoms with Gasteiger partial charge < -0.3 is 5.32 Å². The molecule has 0 aliphatic carbocycles. The van der Waals surface area contributed by atoms with Gasteiger partial charge in [0, 0.05) is 16.3 Å². The van der Waals surface area contributed by atoms with Crippen LogP contribution in [-0.4, -0.2) is 5.91 Å². The first-order chi connectivity index (χ1) is 9.67. The molecule has 0 heterocycles. The number of benzene rings is 2. The molecule has 0 atom stereocenters. The summed E-state index contributed by atoms with van der Waals surface area (Å²) in [6.07, 6.45) is 0.409. The lowest BCUT2D eigenvalue weighted by Gasteiger charge is -2.06. The van der Waals surface area contributed by atoms with Crippen LogP contribution in [0.2, 0.25) is 0 Å². The van der Waals surface area contributed by atoms with Gasteiger partial charge >= 0.3 is 0 Å². The number of halogens is 2. The van der Waals surface area contributed by atoms with Gasteiger partial charge in [-0.1, -0.05) is 68.3 Å². The van der Waals surface area contributed by atoms with Crippen LogP contribution in [0.25, 0.3) is 0 Å². The van der Waals surface area contributed by atoms with Crippen molar-refractivity contribution >= 4 is 37.8 Å². The number of carbonyl (C=O) groups is 1. The standard InChI is InChI=1S/C16H15Br2NO/c17-10-13-1-3-14(4-2-13)11-19-16(20)9-12-5-7-15(18)8-6-12/h1-8H,9-11H2,(H,19,20). The molecule has 104 valence electrons. The minimum Gasteiger partial charge on any atom is -0.352 e. The van der Waals surface area contributed by atoms with Crippen LogP contribution < -0.4 is 5.32 Å². The fourth-order valence-electron chi connectivity index (χ4n) is 1.80.